The third kappa shape index (κ3) is 4.93. The van der Waals surface area contributed by atoms with Gasteiger partial charge in [-0.15, -0.1) is 0 Å². The molecule has 0 aliphatic rings. The van der Waals surface area contributed by atoms with Crippen LogP contribution in [0.15, 0.2) is 48.7 Å². The Morgan fingerprint density at radius 1 is 0.763 bits per heavy atom. The molecule has 2 aromatic carbocycles. The lowest BCUT2D eigenvalue weighted by atomic mass is 9.95. The van der Waals surface area contributed by atoms with Gasteiger partial charge >= 0.3 is 5.97 Å². The standard InChI is InChI=1S/C28H28N2O8/c1-32-20-13-18-19(14-21(20)33-2)27(38-15-17-9-7-8-10-29-17)30-25(28(31)37-6)24(18)16-11-22(34-3)26(36-5)23(12-16)35-4/h7-14H,15H2,1-6H3. The molecule has 0 saturated carbocycles. The zero-order valence-electron chi connectivity index (χ0n) is 22.0. The lowest BCUT2D eigenvalue weighted by Crippen LogP contribution is -2.10. The maximum atomic E-state index is 13.1. The first-order chi connectivity index (χ1) is 18.5. The highest BCUT2D eigenvalue weighted by Gasteiger charge is 2.26. The lowest BCUT2D eigenvalue weighted by Gasteiger charge is -2.19. The van der Waals surface area contributed by atoms with Crippen LogP contribution >= 0.6 is 0 Å². The number of esters is 1. The van der Waals surface area contributed by atoms with Crippen LogP contribution in [0, 0.1) is 0 Å². The van der Waals surface area contributed by atoms with Crippen LogP contribution in [-0.2, 0) is 11.3 Å². The molecule has 0 aliphatic carbocycles. The predicted octanol–water partition coefficient (Wildman–Crippen LogP) is 4.71. The van der Waals surface area contributed by atoms with Gasteiger partial charge in [0.15, 0.2) is 28.7 Å². The van der Waals surface area contributed by atoms with Crippen LogP contribution in [0.5, 0.6) is 34.6 Å². The van der Waals surface area contributed by atoms with Gasteiger partial charge in [0.1, 0.15) is 6.61 Å². The first kappa shape index (κ1) is 26.3. The quantitative estimate of drug-likeness (QED) is 0.273. The Morgan fingerprint density at radius 2 is 1.39 bits per heavy atom. The summed E-state index contributed by atoms with van der Waals surface area (Å²) in [5.41, 5.74) is 1.74. The van der Waals surface area contributed by atoms with Crippen LogP contribution in [0.3, 0.4) is 0 Å². The van der Waals surface area contributed by atoms with E-state index in [0.29, 0.717) is 56.3 Å². The molecule has 0 amide bonds. The maximum absolute atomic E-state index is 13.1. The van der Waals surface area contributed by atoms with Gasteiger partial charge in [0.25, 0.3) is 0 Å². The number of carbonyl (C=O) groups is 1. The van der Waals surface area contributed by atoms with E-state index in [0.717, 1.165) is 0 Å². The summed E-state index contributed by atoms with van der Waals surface area (Å²) >= 11 is 0. The van der Waals surface area contributed by atoms with Gasteiger partial charge in [0, 0.05) is 22.5 Å². The molecule has 0 saturated heterocycles. The SMILES string of the molecule is COC(=O)c1nc(OCc2ccccn2)c2cc(OC)c(OC)cc2c1-c1cc(OC)c(OC)c(OC)c1. The second kappa shape index (κ2) is 11.5. The van der Waals surface area contributed by atoms with Crippen molar-refractivity contribution in [3.63, 3.8) is 0 Å². The average Bonchev–Trinajstić information content (AvgIpc) is 2.97. The van der Waals surface area contributed by atoms with Gasteiger partial charge < -0.3 is 33.2 Å². The van der Waals surface area contributed by atoms with Gasteiger partial charge in [-0.3, -0.25) is 4.98 Å². The molecule has 0 unspecified atom stereocenters. The molecule has 0 radical (unpaired) electrons. The zero-order valence-corrected chi connectivity index (χ0v) is 22.0. The summed E-state index contributed by atoms with van der Waals surface area (Å²) in [5.74, 6) is 1.67. The van der Waals surface area contributed by atoms with Crippen molar-refractivity contribution in [3.8, 4) is 45.8 Å². The van der Waals surface area contributed by atoms with E-state index in [1.807, 2.05) is 18.2 Å². The third-order valence-corrected chi connectivity index (χ3v) is 5.89. The molecule has 0 N–H and O–H groups in total. The van der Waals surface area contributed by atoms with Crippen molar-refractivity contribution < 1.29 is 38.0 Å². The average molecular weight is 521 g/mol. The van der Waals surface area contributed by atoms with E-state index >= 15 is 0 Å². The molecule has 10 heteroatoms. The van der Waals surface area contributed by atoms with Crippen LogP contribution in [0.4, 0.5) is 0 Å². The van der Waals surface area contributed by atoms with E-state index in [2.05, 4.69) is 9.97 Å². The number of methoxy groups -OCH3 is 6. The van der Waals surface area contributed by atoms with Crippen LogP contribution in [0.2, 0.25) is 0 Å². The van der Waals surface area contributed by atoms with Gasteiger partial charge in [-0.1, -0.05) is 6.07 Å². The van der Waals surface area contributed by atoms with Gasteiger partial charge in [0.2, 0.25) is 11.6 Å². The Bertz CT molecular complexity index is 1430. The summed E-state index contributed by atoms with van der Waals surface area (Å²) in [7, 11) is 8.90. The minimum Gasteiger partial charge on any atom is -0.493 e. The van der Waals surface area contributed by atoms with Crippen molar-refractivity contribution in [1.29, 1.82) is 0 Å². The Kier molecular flexibility index (Phi) is 8.00. The number of pyridine rings is 2. The number of hydrogen-bond donors (Lipinski definition) is 0. The molecule has 2 aromatic heterocycles. The van der Waals surface area contributed by atoms with Gasteiger partial charge in [0.05, 0.1) is 48.4 Å². The maximum Gasteiger partial charge on any atom is 0.357 e. The third-order valence-electron chi connectivity index (χ3n) is 5.89. The number of ether oxygens (including phenoxy) is 7. The van der Waals surface area contributed by atoms with Crippen molar-refractivity contribution in [2.45, 2.75) is 6.61 Å². The van der Waals surface area contributed by atoms with Crippen molar-refractivity contribution in [1.82, 2.24) is 9.97 Å². The molecule has 0 aliphatic heterocycles. The number of fused-ring (bicyclic) bond motifs is 1. The Morgan fingerprint density at radius 3 is 1.92 bits per heavy atom. The van der Waals surface area contributed by atoms with E-state index in [4.69, 9.17) is 33.2 Å². The highest BCUT2D eigenvalue weighted by molar-refractivity contribution is 6.09. The van der Waals surface area contributed by atoms with Crippen molar-refractivity contribution in [2.75, 3.05) is 42.7 Å². The monoisotopic (exact) mass is 520 g/mol. The fraction of sp³-hybridized carbons (Fsp3) is 0.250. The number of nitrogens with zero attached hydrogens (tertiary/aromatic N) is 2. The Balaban J connectivity index is 2.06. The Hall–Kier alpha value is -4.73. The molecule has 4 rings (SSSR count). The van der Waals surface area contributed by atoms with Gasteiger partial charge in [-0.25, -0.2) is 9.78 Å². The minimum absolute atomic E-state index is 0.0255. The summed E-state index contributed by atoms with van der Waals surface area (Å²) in [6.45, 7) is 0.126. The van der Waals surface area contributed by atoms with E-state index in [-0.39, 0.29) is 18.2 Å². The Labute approximate surface area is 220 Å². The molecule has 38 heavy (non-hydrogen) atoms. The summed E-state index contributed by atoms with van der Waals surface area (Å²) in [6, 6.07) is 12.5. The van der Waals surface area contributed by atoms with Crippen molar-refractivity contribution >= 4 is 16.7 Å². The van der Waals surface area contributed by atoms with Crippen LogP contribution in [-0.4, -0.2) is 58.6 Å². The summed E-state index contributed by atoms with van der Waals surface area (Å²) in [6.07, 6.45) is 1.67. The molecule has 0 bridgehead atoms. The molecular formula is C28H28N2O8. The van der Waals surface area contributed by atoms with Crippen LogP contribution < -0.4 is 28.4 Å². The number of carbonyl (C=O) groups excluding carboxylic acids is 1. The fourth-order valence-corrected chi connectivity index (χ4v) is 4.11. The highest BCUT2D eigenvalue weighted by Crippen LogP contribution is 2.46. The number of hydrogen-bond acceptors (Lipinski definition) is 10. The largest absolute Gasteiger partial charge is 0.493 e. The number of benzene rings is 2. The van der Waals surface area contributed by atoms with E-state index in [1.54, 1.807) is 30.5 Å². The molecule has 198 valence electrons. The highest BCUT2D eigenvalue weighted by atomic mass is 16.5. The number of aromatic nitrogens is 2. The molecular weight excluding hydrogens is 492 g/mol. The lowest BCUT2D eigenvalue weighted by molar-refractivity contribution is 0.0594. The summed E-state index contributed by atoms with van der Waals surface area (Å²) in [5, 5.41) is 1.18. The van der Waals surface area contributed by atoms with Gasteiger partial charge in [-0.05, 0) is 42.0 Å². The normalized spacial score (nSPS) is 10.6. The van der Waals surface area contributed by atoms with E-state index in [9.17, 15) is 4.79 Å². The summed E-state index contributed by atoms with van der Waals surface area (Å²) in [4.78, 5) is 22.0. The summed E-state index contributed by atoms with van der Waals surface area (Å²) < 4.78 is 38.9. The molecule has 0 fully saturated rings. The zero-order chi connectivity index (χ0) is 27.2. The molecule has 0 atom stereocenters. The van der Waals surface area contributed by atoms with Crippen LogP contribution in [0.1, 0.15) is 16.2 Å². The van der Waals surface area contributed by atoms with E-state index in [1.165, 1.54) is 42.7 Å². The first-order valence-electron chi connectivity index (χ1n) is 11.5. The van der Waals surface area contributed by atoms with Gasteiger partial charge in [-0.2, -0.15) is 0 Å². The topological polar surface area (TPSA) is 107 Å². The smallest absolute Gasteiger partial charge is 0.357 e. The molecule has 0 spiro atoms. The fourth-order valence-electron chi connectivity index (χ4n) is 4.11. The minimum atomic E-state index is -0.659. The molecule has 4 aromatic rings. The second-order valence-corrected chi connectivity index (χ2v) is 7.91. The second-order valence-electron chi connectivity index (χ2n) is 7.91. The first-order valence-corrected chi connectivity index (χ1v) is 11.5. The number of rotatable bonds is 10. The van der Waals surface area contributed by atoms with Crippen molar-refractivity contribution in [2.24, 2.45) is 0 Å². The van der Waals surface area contributed by atoms with E-state index < -0.39 is 5.97 Å². The van der Waals surface area contributed by atoms with Crippen molar-refractivity contribution in [3.05, 3.63) is 60.0 Å². The predicted molar refractivity (Wildman–Crippen MR) is 140 cm³/mol. The molecule has 10 nitrogen and oxygen atoms in total. The molecule has 2 heterocycles. The van der Waals surface area contributed by atoms with Crippen LogP contribution in [0.25, 0.3) is 21.9 Å².